The van der Waals surface area contributed by atoms with Crippen molar-refractivity contribution in [1.29, 1.82) is 0 Å². The van der Waals surface area contributed by atoms with Gasteiger partial charge in [0.25, 0.3) is 0 Å². The molecule has 2 aliphatic carbocycles. The molecular weight excluding hydrogens is 528 g/mol. The molecule has 7 aromatic carbocycles. The summed E-state index contributed by atoms with van der Waals surface area (Å²) >= 11 is 0. The van der Waals surface area contributed by atoms with Gasteiger partial charge in [-0.2, -0.15) is 0 Å². The molecule has 0 unspecified atom stereocenters. The molecule has 0 radical (unpaired) electrons. The molecule has 0 atom stereocenters. The third kappa shape index (κ3) is 3.46. The summed E-state index contributed by atoms with van der Waals surface area (Å²) in [6, 6.07) is 50.1. The summed E-state index contributed by atoms with van der Waals surface area (Å²) in [5, 5.41) is 5.10. The predicted octanol–water partition coefficient (Wildman–Crippen LogP) is 11.9. The second-order valence-corrected chi connectivity index (χ2v) is 13.8. The summed E-state index contributed by atoms with van der Waals surface area (Å²) in [4.78, 5) is 0. The molecule has 210 valence electrons. The van der Waals surface area contributed by atoms with Crippen molar-refractivity contribution < 1.29 is 0 Å². The van der Waals surface area contributed by atoms with Gasteiger partial charge < -0.3 is 0 Å². The van der Waals surface area contributed by atoms with Gasteiger partial charge in [-0.15, -0.1) is 0 Å². The first-order valence-electron chi connectivity index (χ1n) is 15.8. The van der Waals surface area contributed by atoms with Crippen LogP contribution in [0.4, 0.5) is 0 Å². The Morgan fingerprint density at radius 1 is 0.341 bits per heavy atom. The molecule has 0 spiro atoms. The second-order valence-electron chi connectivity index (χ2n) is 13.8. The van der Waals surface area contributed by atoms with Gasteiger partial charge in [-0.25, -0.2) is 0 Å². The van der Waals surface area contributed by atoms with Crippen molar-refractivity contribution in [3.8, 4) is 44.5 Å². The standard InChI is InChI=1S/C44H34/c1-43(2)39-22-21-36-35-11-7-8-12-38(35)44(3,4)42(36)41(39)37-20-19-34(26-40(37)43)33-18-17-31-24-30(15-16-32(31)25-33)29-14-13-27-9-5-6-10-28(27)23-29/h5-26H,1-4H3. The molecule has 0 fully saturated rings. The van der Waals surface area contributed by atoms with Gasteiger partial charge in [0.15, 0.2) is 0 Å². The first-order chi connectivity index (χ1) is 21.3. The zero-order valence-electron chi connectivity index (χ0n) is 25.7. The normalized spacial score (nSPS) is 15.2. The van der Waals surface area contributed by atoms with Crippen molar-refractivity contribution in [3.63, 3.8) is 0 Å². The quantitative estimate of drug-likeness (QED) is 0.197. The summed E-state index contributed by atoms with van der Waals surface area (Å²) in [5.74, 6) is 0. The van der Waals surface area contributed by atoms with E-state index in [1.54, 1.807) is 0 Å². The molecule has 0 amide bonds. The van der Waals surface area contributed by atoms with Crippen LogP contribution in [0, 0.1) is 0 Å². The molecule has 0 N–H and O–H groups in total. The van der Waals surface area contributed by atoms with Crippen molar-refractivity contribution in [1.82, 2.24) is 0 Å². The van der Waals surface area contributed by atoms with Gasteiger partial charge in [0.2, 0.25) is 0 Å². The molecular formula is C44H34. The summed E-state index contributed by atoms with van der Waals surface area (Å²) in [5.41, 5.74) is 16.4. The van der Waals surface area contributed by atoms with Gasteiger partial charge >= 0.3 is 0 Å². The van der Waals surface area contributed by atoms with E-state index in [9.17, 15) is 0 Å². The predicted molar refractivity (Wildman–Crippen MR) is 187 cm³/mol. The van der Waals surface area contributed by atoms with E-state index in [1.165, 1.54) is 88.3 Å². The molecule has 0 aliphatic heterocycles. The third-order valence-electron chi connectivity index (χ3n) is 10.6. The molecule has 0 heterocycles. The monoisotopic (exact) mass is 562 g/mol. The highest BCUT2D eigenvalue weighted by atomic mass is 14.5. The minimum atomic E-state index is -0.0633. The van der Waals surface area contributed by atoms with Gasteiger partial charge in [-0.05, 0) is 113 Å². The van der Waals surface area contributed by atoms with Gasteiger partial charge in [0.05, 0.1) is 0 Å². The van der Waals surface area contributed by atoms with Gasteiger partial charge in [0, 0.05) is 10.8 Å². The fraction of sp³-hybridized carbons (Fsp3) is 0.136. The first kappa shape index (κ1) is 25.5. The van der Waals surface area contributed by atoms with Crippen molar-refractivity contribution in [3.05, 3.63) is 156 Å². The zero-order chi connectivity index (χ0) is 29.8. The van der Waals surface area contributed by atoms with Gasteiger partial charge in [0.1, 0.15) is 0 Å². The summed E-state index contributed by atoms with van der Waals surface area (Å²) < 4.78 is 0. The SMILES string of the molecule is CC1(C)c2cc(-c3ccc4cc(-c5ccc6ccccc6c5)ccc4c3)ccc2-c2c1ccc1c2C(C)(C)c2ccccc2-1. The van der Waals surface area contributed by atoms with E-state index in [2.05, 4.69) is 161 Å². The van der Waals surface area contributed by atoms with E-state index < -0.39 is 0 Å². The van der Waals surface area contributed by atoms with E-state index in [0.717, 1.165) is 0 Å². The van der Waals surface area contributed by atoms with Crippen LogP contribution in [0.2, 0.25) is 0 Å². The van der Waals surface area contributed by atoms with Crippen molar-refractivity contribution >= 4 is 21.5 Å². The Bertz CT molecular complexity index is 2330. The molecule has 7 aromatic rings. The maximum Gasteiger partial charge on any atom is 0.0165 e. The number of rotatable bonds is 2. The summed E-state index contributed by atoms with van der Waals surface area (Å²) in [6.07, 6.45) is 0. The van der Waals surface area contributed by atoms with E-state index in [4.69, 9.17) is 0 Å². The van der Waals surface area contributed by atoms with Crippen molar-refractivity contribution in [2.24, 2.45) is 0 Å². The summed E-state index contributed by atoms with van der Waals surface area (Å²) in [7, 11) is 0. The van der Waals surface area contributed by atoms with Crippen LogP contribution in [0.1, 0.15) is 49.9 Å². The highest BCUT2D eigenvalue weighted by molar-refractivity contribution is 5.96. The number of hydrogen-bond acceptors (Lipinski definition) is 0. The average Bonchev–Trinajstić information content (AvgIpc) is 3.43. The average molecular weight is 563 g/mol. The van der Waals surface area contributed by atoms with Gasteiger partial charge in [-0.3, -0.25) is 0 Å². The number of fused-ring (bicyclic) bond motifs is 9. The van der Waals surface area contributed by atoms with Crippen LogP contribution < -0.4 is 0 Å². The molecule has 0 aromatic heterocycles. The molecule has 0 bridgehead atoms. The van der Waals surface area contributed by atoms with Crippen LogP contribution in [0.5, 0.6) is 0 Å². The first-order valence-corrected chi connectivity index (χ1v) is 15.8. The lowest BCUT2D eigenvalue weighted by atomic mass is 9.77. The van der Waals surface area contributed by atoms with E-state index >= 15 is 0 Å². The fourth-order valence-corrected chi connectivity index (χ4v) is 8.25. The molecule has 0 nitrogen and oxygen atoms in total. The number of hydrogen-bond donors (Lipinski definition) is 0. The number of benzene rings is 7. The Kier molecular flexibility index (Phi) is 5.11. The Morgan fingerprint density at radius 3 is 1.57 bits per heavy atom. The Morgan fingerprint density at radius 2 is 0.864 bits per heavy atom. The van der Waals surface area contributed by atoms with Gasteiger partial charge in [-0.1, -0.05) is 137 Å². The van der Waals surface area contributed by atoms with Crippen LogP contribution in [0.15, 0.2) is 133 Å². The van der Waals surface area contributed by atoms with E-state index in [0.29, 0.717) is 0 Å². The van der Waals surface area contributed by atoms with Crippen LogP contribution in [0.3, 0.4) is 0 Å². The third-order valence-corrected chi connectivity index (χ3v) is 10.6. The topological polar surface area (TPSA) is 0 Å². The molecule has 2 aliphatic rings. The van der Waals surface area contributed by atoms with Crippen molar-refractivity contribution in [2.45, 2.75) is 38.5 Å². The fourth-order valence-electron chi connectivity index (χ4n) is 8.25. The maximum atomic E-state index is 2.46. The Labute approximate surface area is 259 Å². The van der Waals surface area contributed by atoms with Crippen LogP contribution in [0.25, 0.3) is 66.1 Å². The molecule has 9 rings (SSSR count). The van der Waals surface area contributed by atoms with Crippen molar-refractivity contribution in [2.75, 3.05) is 0 Å². The lowest BCUT2D eigenvalue weighted by molar-refractivity contribution is 0.647. The highest BCUT2D eigenvalue weighted by Gasteiger charge is 2.44. The van der Waals surface area contributed by atoms with Crippen LogP contribution in [-0.2, 0) is 10.8 Å². The van der Waals surface area contributed by atoms with Crippen LogP contribution in [-0.4, -0.2) is 0 Å². The zero-order valence-corrected chi connectivity index (χ0v) is 25.7. The summed E-state index contributed by atoms with van der Waals surface area (Å²) in [6.45, 7) is 9.60. The molecule has 0 saturated carbocycles. The second kappa shape index (κ2) is 8.80. The lowest BCUT2D eigenvalue weighted by Crippen LogP contribution is -2.18. The van der Waals surface area contributed by atoms with E-state index in [1.807, 2.05) is 0 Å². The smallest absolute Gasteiger partial charge is 0.0165 e. The minimum Gasteiger partial charge on any atom is -0.0619 e. The molecule has 44 heavy (non-hydrogen) atoms. The largest absolute Gasteiger partial charge is 0.0619 e. The Hall–Kier alpha value is -4.94. The van der Waals surface area contributed by atoms with Crippen LogP contribution >= 0.6 is 0 Å². The van der Waals surface area contributed by atoms with E-state index in [-0.39, 0.29) is 10.8 Å². The lowest BCUT2D eigenvalue weighted by Gasteiger charge is -2.26. The highest BCUT2D eigenvalue weighted by Crippen LogP contribution is 2.59. The Balaban J connectivity index is 1.13. The minimum absolute atomic E-state index is 0.0301. The molecule has 0 saturated heterocycles. The maximum absolute atomic E-state index is 2.46. The molecule has 0 heteroatoms.